The van der Waals surface area contributed by atoms with Crippen molar-refractivity contribution in [3.63, 3.8) is 0 Å². The van der Waals surface area contributed by atoms with Gasteiger partial charge >= 0.3 is 0 Å². The third-order valence-electron chi connectivity index (χ3n) is 3.55. The van der Waals surface area contributed by atoms with Crippen LogP contribution in [-0.4, -0.2) is 49.4 Å². The van der Waals surface area contributed by atoms with E-state index in [1.54, 1.807) is 35.8 Å². The molecule has 2 aromatic heterocycles. The quantitative estimate of drug-likeness (QED) is 0.885. The fraction of sp³-hybridized carbons (Fsp3) is 0.471. The Morgan fingerprint density at radius 1 is 1.35 bits per heavy atom. The molecule has 0 atom stereocenters. The second kappa shape index (κ2) is 6.91. The molecular formula is C17H24N4O2. The van der Waals surface area contributed by atoms with E-state index in [-0.39, 0.29) is 12.5 Å². The molecule has 2 aromatic rings. The molecule has 0 bridgehead atoms. The van der Waals surface area contributed by atoms with Crippen molar-refractivity contribution in [1.82, 2.24) is 19.7 Å². The summed E-state index contributed by atoms with van der Waals surface area (Å²) in [5.74, 6) is 0.572. The zero-order valence-electron chi connectivity index (χ0n) is 14.2. The monoisotopic (exact) mass is 316 g/mol. The lowest BCUT2D eigenvalue weighted by Crippen LogP contribution is -2.42. The average molecular weight is 316 g/mol. The van der Waals surface area contributed by atoms with Crippen molar-refractivity contribution in [3.05, 3.63) is 41.9 Å². The minimum Gasteiger partial charge on any atom is -0.389 e. The number of amides is 1. The predicted octanol–water partition coefficient (Wildman–Crippen LogP) is 2.06. The number of hydrogen-bond acceptors (Lipinski definition) is 4. The van der Waals surface area contributed by atoms with Crippen LogP contribution in [0.15, 0.2) is 30.6 Å². The Kier molecular flexibility index (Phi) is 5.15. The minimum atomic E-state index is -0.935. The van der Waals surface area contributed by atoms with Crippen LogP contribution in [0.5, 0.6) is 0 Å². The molecule has 6 heteroatoms. The first kappa shape index (κ1) is 17.1. The number of aromatic nitrogens is 3. The molecule has 0 radical (unpaired) electrons. The number of pyridine rings is 1. The van der Waals surface area contributed by atoms with E-state index in [0.717, 1.165) is 5.69 Å². The third-order valence-corrected chi connectivity index (χ3v) is 3.55. The standard InChI is InChI=1S/C17H24N4O2/c1-5-14-13(16(22)20(6-2)12-17(3,4)23)11-19-21(14)15-9-7-8-10-18-15/h7-11,23H,5-6,12H2,1-4H3. The van der Waals surface area contributed by atoms with E-state index in [2.05, 4.69) is 10.1 Å². The Morgan fingerprint density at radius 3 is 2.61 bits per heavy atom. The van der Waals surface area contributed by atoms with Gasteiger partial charge in [-0.2, -0.15) is 5.10 Å². The lowest BCUT2D eigenvalue weighted by atomic mass is 10.1. The van der Waals surface area contributed by atoms with E-state index < -0.39 is 5.60 Å². The predicted molar refractivity (Wildman–Crippen MR) is 88.6 cm³/mol. The van der Waals surface area contributed by atoms with E-state index in [9.17, 15) is 9.90 Å². The van der Waals surface area contributed by atoms with Gasteiger partial charge in [-0.15, -0.1) is 0 Å². The highest BCUT2D eigenvalue weighted by Gasteiger charge is 2.26. The second-order valence-corrected chi connectivity index (χ2v) is 6.09. The number of aliphatic hydroxyl groups is 1. The molecule has 124 valence electrons. The van der Waals surface area contributed by atoms with Crippen LogP contribution >= 0.6 is 0 Å². The van der Waals surface area contributed by atoms with Gasteiger partial charge in [-0.1, -0.05) is 13.0 Å². The molecule has 0 saturated heterocycles. The van der Waals surface area contributed by atoms with Crippen LogP contribution in [0.1, 0.15) is 43.7 Å². The highest BCUT2D eigenvalue weighted by atomic mass is 16.3. The number of nitrogens with zero attached hydrogens (tertiary/aromatic N) is 4. The number of hydrogen-bond donors (Lipinski definition) is 1. The molecule has 0 spiro atoms. The molecular weight excluding hydrogens is 292 g/mol. The first-order valence-electron chi connectivity index (χ1n) is 7.87. The normalized spacial score (nSPS) is 11.5. The van der Waals surface area contributed by atoms with Gasteiger partial charge in [0.2, 0.25) is 0 Å². The Labute approximate surface area is 136 Å². The lowest BCUT2D eigenvalue weighted by Gasteiger charge is -2.28. The summed E-state index contributed by atoms with van der Waals surface area (Å²) in [4.78, 5) is 18.7. The maximum atomic E-state index is 12.8. The van der Waals surface area contributed by atoms with Crippen molar-refractivity contribution in [1.29, 1.82) is 0 Å². The SMILES string of the molecule is CCc1c(C(=O)N(CC)CC(C)(C)O)cnn1-c1ccccn1. The van der Waals surface area contributed by atoms with Crippen LogP contribution < -0.4 is 0 Å². The van der Waals surface area contributed by atoms with Gasteiger partial charge in [0, 0.05) is 19.3 Å². The van der Waals surface area contributed by atoms with Gasteiger partial charge in [0.15, 0.2) is 5.82 Å². The van der Waals surface area contributed by atoms with Gasteiger partial charge < -0.3 is 10.0 Å². The molecule has 0 unspecified atom stereocenters. The van der Waals surface area contributed by atoms with Crippen molar-refractivity contribution in [2.45, 2.75) is 39.7 Å². The Morgan fingerprint density at radius 2 is 2.09 bits per heavy atom. The highest BCUT2D eigenvalue weighted by molar-refractivity contribution is 5.95. The van der Waals surface area contributed by atoms with Gasteiger partial charge in [0.05, 0.1) is 23.1 Å². The summed E-state index contributed by atoms with van der Waals surface area (Å²) in [5, 5.41) is 14.3. The summed E-state index contributed by atoms with van der Waals surface area (Å²) >= 11 is 0. The Hall–Kier alpha value is -2.21. The van der Waals surface area contributed by atoms with Crippen molar-refractivity contribution in [2.75, 3.05) is 13.1 Å². The van der Waals surface area contributed by atoms with Crippen molar-refractivity contribution in [3.8, 4) is 5.82 Å². The summed E-state index contributed by atoms with van der Waals surface area (Å²) in [7, 11) is 0. The summed E-state index contributed by atoms with van der Waals surface area (Å²) in [6.45, 7) is 8.08. The highest BCUT2D eigenvalue weighted by Crippen LogP contribution is 2.17. The van der Waals surface area contributed by atoms with Crippen LogP contribution in [0.2, 0.25) is 0 Å². The molecule has 6 nitrogen and oxygen atoms in total. The van der Waals surface area contributed by atoms with Gasteiger partial charge in [-0.3, -0.25) is 4.79 Å². The van der Waals surface area contributed by atoms with E-state index in [1.165, 1.54) is 0 Å². The first-order chi connectivity index (χ1) is 10.9. The van der Waals surface area contributed by atoms with Gasteiger partial charge in [-0.25, -0.2) is 9.67 Å². The summed E-state index contributed by atoms with van der Waals surface area (Å²) < 4.78 is 1.70. The van der Waals surface area contributed by atoms with E-state index in [1.807, 2.05) is 32.0 Å². The van der Waals surface area contributed by atoms with E-state index >= 15 is 0 Å². The summed E-state index contributed by atoms with van der Waals surface area (Å²) in [6, 6.07) is 5.58. The molecule has 1 N–H and O–H groups in total. The topological polar surface area (TPSA) is 71.2 Å². The van der Waals surface area contributed by atoms with Gasteiger partial charge in [0.25, 0.3) is 5.91 Å². The van der Waals surface area contributed by atoms with Crippen LogP contribution in [0.25, 0.3) is 5.82 Å². The smallest absolute Gasteiger partial charge is 0.257 e. The first-order valence-corrected chi connectivity index (χ1v) is 7.87. The van der Waals surface area contributed by atoms with Crippen LogP contribution in [0.3, 0.4) is 0 Å². The molecule has 0 saturated carbocycles. The summed E-state index contributed by atoms with van der Waals surface area (Å²) in [5.41, 5.74) is 0.446. The third kappa shape index (κ3) is 3.96. The number of rotatable bonds is 6. The zero-order valence-corrected chi connectivity index (χ0v) is 14.2. The second-order valence-electron chi connectivity index (χ2n) is 6.09. The van der Waals surface area contributed by atoms with Crippen LogP contribution in [0, 0.1) is 0 Å². The molecule has 2 rings (SSSR count). The fourth-order valence-electron chi connectivity index (χ4n) is 2.53. The summed E-state index contributed by atoms with van der Waals surface area (Å²) in [6.07, 6.45) is 3.95. The Balaban J connectivity index is 2.36. The van der Waals surface area contributed by atoms with E-state index in [0.29, 0.717) is 24.3 Å². The average Bonchev–Trinajstić information content (AvgIpc) is 2.95. The molecule has 23 heavy (non-hydrogen) atoms. The van der Waals surface area contributed by atoms with E-state index in [4.69, 9.17) is 0 Å². The fourth-order valence-corrected chi connectivity index (χ4v) is 2.53. The molecule has 2 heterocycles. The molecule has 0 aliphatic carbocycles. The molecule has 0 fully saturated rings. The molecule has 0 aliphatic rings. The van der Waals surface area contributed by atoms with Gasteiger partial charge in [0.1, 0.15) is 0 Å². The molecule has 0 aliphatic heterocycles. The molecule has 0 aromatic carbocycles. The number of carbonyl (C=O) groups is 1. The van der Waals surface area contributed by atoms with Crippen LogP contribution in [-0.2, 0) is 6.42 Å². The molecule has 1 amide bonds. The number of likely N-dealkylation sites (N-methyl/N-ethyl adjacent to an activating group) is 1. The largest absolute Gasteiger partial charge is 0.389 e. The van der Waals surface area contributed by atoms with Crippen molar-refractivity contribution >= 4 is 5.91 Å². The lowest BCUT2D eigenvalue weighted by molar-refractivity contribution is 0.0314. The maximum Gasteiger partial charge on any atom is 0.257 e. The van der Waals surface area contributed by atoms with Crippen molar-refractivity contribution in [2.24, 2.45) is 0 Å². The maximum absolute atomic E-state index is 12.8. The zero-order chi connectivity index (χ0) is 17.0. The number of carbonyl (C=O) groups excluding carboxylic acids is 1. The Bertz CT molecular complexity index is 659. The minimum absolute atomic E-state index is 0.117. The van der Waals surface area contributed by atoms with Crippen molar-refractivity contribution < 1.29 is 9.90 Å². The van der Waals surface area contributed by atoms with Gasteiger partial charge in [-0.05, 0) is 39.3 Å². The van der Waals surface area contributed by atoms with Crippen LogP contribution in [0.4, 0.5) is 0 Å².